The molecule has 1 aliphatic heterocycles. The van der Waals surface area contributed by atoms with Gasteiger partial charge in [0.2, 0.25) is 5.95 Å². The second-order valence-corrected chi connectivity index (χ2v) is 8.28. The van der Waals surface area contributed by atoms with Crippen LogP contribution < -0.4 is 10.6 Å². The SMILES string of the molecule is C=C(C)Nc1ccc(-c2ccnc(Nc3cccc(CN4CCN(CC)CC4)c3)n2)cc1. The summed E-state index contributed by atoms with van der Waals surface area (Å²) in [6, 6.07) is 18.6. The predicted octanol–water partition coefficient (Wildman–Crippen LogP) is 4.97. The van der Waals surface area contributed by atoms with Crippen LogP contribution in [0.3, 0.4) is 0 Å². The minimum absolute atomic E-state index is 0.598. The third kappa shape index (κ3) is 5.93. The molecular formula is C26H32N6. The Labute approximate surface area is 191 Å². The maximum absolute atomic E-state index is 4.72. The highest BCUT2D eigenvalue weighted by molar-refractivity contribution is 5.65. The van der Waals surface area contributed by atoms with Gasteiger partial charge < -0.3 is 15.5 Å². The fraction of sp³-hybridized carbons (Fsp3) is 0.308. The molecule has 6 nitrogen and oxygen atoms in total. The standard InChI is InChI=1S/C26H32N6/c1-4-31-14-16-32(17-15-31)19-21-6-5-7-24(18-21)29-26-27-13-12-25(30-26)22-8-10-23(11-9-22)28-20(2)3/h5-13,18,28H,2,4,14-17,19H2,1,3H3,(H,27,29,30). The lowest BCUT2D eigenvalue weighted by Gasteiger charge is -2.34. The van der Waals surface area contributed by atoms with Crippen LogP contribution in [0.5, 0.6) is 0 Å². The van der Waals surface area contributed by atoms with Crippen LogP contribution in [0.4, 0.5) is 17.3 Å². The molecule has 2 heterocycles. The van der Waals surface area contributed by atoms with Gasteiger partial charge in [-0.3, -0.25) is 4.90 Å². The van der Waals surface area contributed by atoms with Crippen molar-refractivity contribution in [3.63, 3.8) is 0 Å². The van der Waals surface area contributed by atoms with Crippen molar-refractivity contribution in [3.8, 4) is 11.3 Å². The highest BCUT2D eigenvalue weighted by Gasteiger charge is 2.15. The molecule has 2 aromatic carbocycles. The van der Waals surface area contributed by atoms with Gasteiger partial charge in [-0.05, 0) is 49.4 Å². The minimum Gasteiger partial charge on any atom is -0.360 e. The van der Waals surface area contributed by atoms with E-state index < -0.39 is 0 Å². The molecule has 0 spiro atoms. The van der Waals surface area contributed by atoms with Crippen LogP contribution in [0.15, 0.2) is 73.1 Å². The zero-order valence-corrected chi connectivity index (χ0v) is 19.0. The summed E-state index contributed by atoms with van der Waals surface area (Å²) in [5.74, 6) is 0.598. The summed E-state index contributed by atoms with van der Waals surface area (Å²) in [6.07, 6.45) is 1.79. The van der Waals surface area contributed by atoms with Gasteiger partial charge >= 0.3 is 0 Å². The van der Waals surface area contributed by atoms with Gasteiger partial charge in [-0.25, -0.2) is 9.97 Å². The molecule has 0 amide bonds. The number of benzene rings is 2. The van der Waals surface area contributed by atoms with E-state index >= 15 is 0 Å². The normalized spacial score (nSPS) is 14.8. The summed E-state index contributed by atoms with van der Waals surface area (Å²) >= 11 is 0. The number of rotatable bonds is 8. The highest BCUT2D eigenvalue weighted by atomic mass is 15.3. The van der Waals surface area contributed by atoms with Crippen molar-refractivity contribution in [2.75, 3.05) is 43.4 Å². The maximum atomic E-state index is 4.72. The van der Waals surface area contributed by atoms with Crippen LogP contribution in [0.2, 0.25) is 0 Å². The molecule has 1 saturated heterocycles. The number of piperazine rings is 1. The van der Waals surface area contributed by atoms with Gasteiger partial charge in [-0.2, -0.15) is 0 Å². The summed E-state index contributed by atoms with van der Waals surface area (Å²) < 4.78 is 0. The lowest BCUT2D eigenvalue weighted by Crippen LogP contribution is -2.45. The summed E-state index contributed by atoms with van der Waals surface area (Å²) in [6.45, 7) is 14.7. The second-order valence-electron chi connectivity index (χ2n) is 8.28. The smallest absolute Gasteiger partial charge is 0.227 e. The van der Waals surface area contributed by atoms with Gasteiger partial charge in [0, 0.05) is 61.6 Å². The van der Waals surface area contributed by atoms with Crippen LogP contribution in [-0.2, 0) is 6.54 Å². The molecule has 0 atom stereocenters. The summed E-state index contributed by atoms with van der Waals surface area (Å²) in [5.41, 5.74) is 6.17. The number of anilines is 3. The van der Waals surface area contributed by atoms with Crippen LogP contribution >= 0.6 is 0 Å². The van der Waals surface area contributed by atoms with Crippen molar-refractivity contribution < 1.29 is 0 Å². The first-order chi connectivity index (χ1) is 15.6. The Morgan fingerprint density at radius 3 is 2.44 bits per heavy atom. The van der Waals surface area contributed by atoms with Crippen LogP contribution in [0.25, 0.3) is 11.3 Å². The molecule has 1 aliphatic rings. The van der Waals surface area contributed by atoms with Crippen molar-refractivity contribution >= 4 is 17.3 Å². The van der Waals surface area contributed by atoms with E-state index in [9.17, 15) is 0 Å². The zero-order chi connectivity index (χ0) is 22.3. The van der Waals surface area contributed by atoms with E-state index in [4.69, 9.17) is 4.98 Å². The molecular weight excluding hydrogens is 396 g/mol. The molecule has 6 heteroatoms. The van der Waals surface area contributed by atoms with Crippen molar-refractivity contribution in [2.45, 2.75) is 20.4 Å². The van der Waals surface area contributed by atoms with E-state index in [-0.39, 0.29) is 0 Å². The van der Waals surface area contributed by atoms with E-state index in [1.54, 1.807) is 6.20 Å². The first kappa shape index (κ1) is 22.0. The molecule has 1 aromatic heterocycles. The Balaban J connectivity index is 1.41. The fourth-order valence-electron chi connectivity index (χ4n) is 3.95. The minimum atomic E-state index is 0.598. The van der Waals surface area contributed by atoms with E-state index in [1.807, 2.05) is 25.1 Å². The number of nitrogens with one attached hydrogen (secondary N) is 2. The first-order valence-electron chi connectivity index (χ1n) is 11.3. The fourth-order valence-corrected chi connectivity index (χ4v) is 3.95. The number of hydrogen-bond donors (Lipinski definition) is 2. The van der Waals surface area contributed by atoms with E-state index in [2.05, 4.69) is 75.3 Å². The highest BCUT2D eigenvalue weighted by Crippen LogP contribution is 2.22. The molecule has 32 heavy (non-hydrogen) atoms. The molecule has 0 saturated carbocycles. The third-order valence-electron chi connectivity index (χ3n) is 5.70. The average Bonchev–Trinajstić information content (AvgIpc) is 2.80. The Morgan fingerprint density at radius 2 is 1.72 bits per heavy atom. The lowest BCUT2D eigenvalue weighted by atomic mass is 10.1. The van der Waals surface area contributed by atoms with Crippen LogP contribution in [-0.4, -0.2) is 52.5 Å². The van der Waals surface area contributed by atoms with Crippen LogP contribution in [0.1, 0.15) is 19.4 Å². The maximum Gasteiger partial charge on any atom is 0.227 e. The number of allylic oxidation sites excluding steroid dienone is 1. The molecule has 2 N–H and O–H groups in total. The third-order valence-corrected chi connectivity index (χ3v) is 5.70. The van der Waals surface area contributed by atoms with Gasteiger partial charge in [0.1, 0.15) is 0 Å². The second kappa shape index (κ2) is 10.4. The predicted molar refractivity (Wildman–Crippen MR) is 133 cm³/mol. The summed E-state index contributed by atoms with van der Waals surface area (Å²) in [7, 11) is 0. The van der Waals surface area contributed by atoms with Gasteiger partial charge in [0.15, 0.2) is 0 Å². The van der Waals surface area contributed by atoms with Gasteiger partial charge in [-0.1, -0.05) is 37.8 Å². The van der Waals surface area contributed by atoms with Crippen molar-refractivity contribution in [1.29, 1.82) is 0 Å². The Morgan fingerprint density at radius 1 is 0.969 bits per heavy atom. The van der Waals surface area contributed by atoms with Crippen molar-refractivity contribution in [2.24, 2.45) is 0 Å². The van der Waals surface area contributed by atoms with Crippen molar-refractivity contribution in [3.05, 3.63) is 78.6 Å². The summed E-state index contributed by atoms with van der Waals surface area (Å²) in [4.78, 5) is 14.2. The molecule has 166 valence electrons. The van der Waals surface area contributed by atoms with Gasteiger partial charge in [0.05, 0.1) is 5.69 Å². The number of aromatic nitrogens is 2. The number of likely N-dealkylation sites (N-methyl/N-ethyl adjacent to an activating group) is 1. The Hall–Kier alpha value is -3.22. The van der Waals surface area contributed by atoms with E-state index in [0.717, 1.165) is 67.6 Å². The lowest BCUT2D eigenvalue weighted by molar-refractivity contribution is 0.132. The topological polar surface area (TPSA) is 56.3 Å². The summed E-state index contributed by atoms with van der Waals surface area (Å²) in [5, 5.41) is 6.59. The number of nitrogens with zero attached hydrogens (tertiary/aromatic N) is 4. The molecule has 1 fully saturated rings. The Bertz CT molecular complexity index is 1040. The van der Waals surface area contributed by atoms with Crippen LogP contribution in [0, 0.1) is 0 Å². The van der Waals surface area contributed by atoms with E-state index in [1.165, 1.54) is 5.56 Å². The largest absolute Gasteiger partial charge is 0.360 e. The monoisotopic (exact) mass is 428 g/mol. The molecule has 4 rings (SSSR count). The zero-order valence-electron chi connectivity index (χ0n) is 19.0. The quantitative estimate of drug-likeness (QED) is 0.528. The van der Waals surface area contributed by atoms with Gasteiger partial charge in [0.25, 0.3) is 0 Å². The van der Waals surface area contributed by atoms with Gasteiger partial charge in [-0.15, -0.1) is 0 Å². The molecule has 0 unspecified atom stereocenters. The molecule has 0 aliphatic carbocycles. The first-order valence-corrected chi connectivity index (χ1v) is 11.3. The Kier molecular flexibility index (Phi) is 7.14. The molecule has 0 radical (unpaired) electrons. The molecule has 3 aromatic rings. The van der Waals surface area contributed by atoms with Crippen molar-refractivity contribution in [1.82, 2.24) is 19.8 Å². The molecule has 0 bridgehead atoms. The average molecular weight is 429 g/mol. The van der Waals surface area contributed by atoms with E-state index in [0.29, 0.717) is 5.95 Å². The number of hydrogen-bond acceptors (Lipinski definition) is 6.